The highest BCUT2D eigenvalue weighted by molar-refractivity contribution is 9.11. The molecule has 3 fully saturated rings. The summed E-state index contributed by atoms with van der Waals surface area (Å²) in [7, 11) is 0. The van der Waals surface area contributed by atoms with E-state index in [4.69, 9.17) is 0 Å². The zero-order chi connectivity index (χ0) is 33.1. The normalized spacial score (nSPS) is 19.1. The smallest absolute Gasteiger partial charge is 0.326 e. The van der Waals surface area contributed by atoms with Gasteiger partial charge in [-0.1, -0.05) is 6.42 Å². The molecule has 0 saturated carbocycles. The molecule has 6 rings (SSSR count). The van der Waals surface area contributed by atoms with Crippen LogP contribution in [-0.2, 0) is 11.2 Å². The quantitative estimate of drug-likeness (QED) is 0.288. The molecule has 0 radical (unpaired) electrons. The van der Waals surface area contributed by atoms with Crippen LogP contribution in [-0.4, -0.2) is 92.6 Å². The highest BCUT2D eigenvalue weighted by Crippen LogP contribution is 2.34. The van der Waals surface area contributed by atoms with E-state index >= 15 is 0 Å². The van der Waals surface area contributed by atoms with E-state index in [0.29, 0.717) is 59.7 Å². The molecule has 3 amide bonds. The molecule has 0 bridgehead atoms. The summed E-state index contributed by atoms with van der Waals surface area (Å²) in [5.74, 6) is -0.362. The van der Waals surface area contributed by atoms with Crippen molar-refractivity contribution in [1.29, 1.82) is 0 Å². The molecule has 47 heavy (non-hydrogen) atoms. The molecule has 0 aliphatic carbocycles. The van der Waals surface area contributed by atoms with Crippen molar-refractivity contribution in [3.8, 4) is 17.0 Å². The maximum atomic E-state index is 14.0. The number of aromatic amines is 1. The molecular formula is C34H41Br2FN6O4. The van der Waals surface area contributed by atoms with Crippen LogP contribution in [0.2, 0.25) is 0 Å². The molecule has 3 aromatic rings. The van der Waals surface area contributed by atoms with Crippen molar-refractivity contribution in [2.75, 3.05) is 39.3 Å². The van der Waals surface area contributed by atoms with E-state index < -0.39 is 6.04 Å². The molecule has 3 N–H and O–H groups in total. The summed E-state index contributed by atoms with van der Waals surface area (Å²) in [6, 6.07) is 8.83. The van der Waals surface area contributed by atoms with Crippen LogP contribution in [0.5, 0.6) is 5.75 Å². The Morgan fingerprint density at radius 3 is 2.13 bits per heavy atom. The number of H-pyrrole nitrogens is 1. The van der Waals surface area contributed by atoms with Crippen LogP contribution in [0, 0.1) is 5.82 Å². The van der Waals surface area contributed by atoms with Crippen molar-refractivity contribution in [2.24, 2.45) is 0 Å². The van der Waals surface area contributed by atoms with Crippen molar-refractivity contribution in [2.45, 2.75) is 69.5 Å². The van der Waals surface area contributed by atoms with Crippen LogP contribution in [0.1, 0.15) is 56.6 Å². The SMILES string of the molecule is O=C(N[C@@H](Cc1cc(Br)c(O)c(Br)c1)C(=O)N1CCC(N2CCCCC2)CC1)N1CCC(n2cc(-c3ccc(F)cc3)[nH]c2=O)CC1. The Balaban J connectivity index is 1.11. The number of hydrogen-bond donors (Lipinski definition) is 3. The zero-order valence-corrected chi connectivity index (χ0v) is 29.4. The van der Waals surface area contributed by atoms with Crippen LogP contribution in [0.25, 0.3) is 11.3 Å². The number of phenols is 1. The average molecular weight is 777 g/mol. The van der Waals surface area contributed by atoms with Gasteiger partial charge in [0.15, 0.2) is 0 Å². The van der Waals surface area contributed by atoms with Gasteiger partial charge in [0.25, 0.3) is 0 Å². The van der Waals surface area contributed by atoms with Gasteiger partial charge in [0.1, 0.15) is 17.6 Å². The summed E-state index contributed by atoms with van der Waals surface area (Å²) in [4.78, 5) is 49.5. The number of rotatable bonds is 7. The zero-order valence-electron chi connectivity index (χ0n) is 26.3. The lowest BCUT2D eigenvalue weighted by Crippen LogP contribution is -2.56. The molecular weight excluding hydrogens is 735 g/mol. The number of aromatic hydroxyl groups is 1. The number of amides is 3. The molecule has 13 heteroatoms. The van der Waals surface area contributed by atoms with Gasteiger partial charge in [-0.15, -0.1) is 0 Å². The number of nitrogens with one attached hydrogen (secondary N) is 2. The van der Waals surface area contributed by atoms with Crippen molar-refractivity contribution in [3.05, 3.63) is 73.4 Å². The monoisotopic (exact) mass is 774 g/mol. The third-order valence-electron chi connectivity index (χ3n) is 9.84. The Morgan fingerprint density at radius 2 is 1.49 bits per heavy atom. The third-order valence-corrected chi connectivity index (χ3v) is 11.0. The number of likely N-dealkylation sites (tertiary alicyclic amines) is 3. The summed E-state index contributed by atoms with van der Waals surface area (Å²) in [5, 5.41) is 13.3. The van der Waals surface area contributed by atoms with Crippen LogP contribution in [0.3, 0.4) is 0 Å². The van der Waals surface area contributed by atoms with Gasteiger partial charge in [-0.25, -0.2) is 14.0 Å². The molecule has 3 aliphatic rings. The first-order valence-corrected chi connectivity index (χ1v) is 18.1. The Morgan fingerprint density at radius 1 is 0.894 bits per heavy atom. The van der Waals surface area contributed by atoms with Crippen LogP contribution < -0.4 is 11.0 Å². The Labute approximate surface area is 290 Å². The fraction of sp³-hybridized carbons (Fsp3) is 0.500. The molecule has 1 atom stereocenters. The minimum Gasteiger partial charge on any atom is -0.506 e. The first-order chi connectivity index (χ1) is 22.7. The van der Waals surface area contributed by atoms with E-state index in [2.05, 4.69) is 47.1 Å². The molecule has 3 aliphatic heterocycles. The molecule has 1 aromatic heterocycles. The number of carbonyl (C=O) groups excluding carboxylic acids is 2. The first-order valence-electron chi connectivity index (χ1n) is 16.5. The van der Waals surface area contributed by atoms with Gasteiger partial charge >= 0.3 is 11.7 Å². The predicted molar refractivity (Wildman–Crippen MR) is 185 cm³/mol. The number of carbonyl (C=O) groups is 2. The van der Waals surface area contributed by atoms with Crippen molar-refractivity contribution in [3.63, 3.8) is 0 Å². The minimum atomic E-state index is -0.777. The number of imidazole rings is 1. The van der Waals surface area contributed by atoms with Gasteiger partial charge in [0.2, 0.25) is 5.91 Å². The second-order valence-corrected chi connectivity index (χ2v) is 14.6. The summed E-state index contributed by atoms with van der Waals surface area (Å²) >= 11 is 6.78. The topological polar surface area (TPSA) is 114 Å². The van der Waals surface area contributed by atoms with Crippen molar-refractivity contribution < 1.29 is 19.1 Å². The number of halogens is 3. The summed E-state index contributed by atoms with van der Waals surface area (Å²) in [6.45, 7) is 4.44. The van der Waals surface area contributed by atoms with Crippen LogP contribution in [0.15, 0.2) is 56.3 Å². The lowest BCUT2D eigenvalue weighted by Gasteiger charge is -2.41. The first kappa shape index (κ1) is 33.7. The second-order valence-electron chi connectivity index (χ2n) is 12.9. The number of phenolic OH excluding ortho intramolecular Hbond substituents is 1. The van der Waals surface area contributed by atoms with E-state index in [9.17, 15) is 23.9 Å². The minimum absolute atomic E-state index is 0.0784. The molecule has 252 valence electrons. The fourth-order valence-corrected chi connectivity index (χ4v) is 8.45. The van der Waals surface area contributed by atoms with Gasteiger partial charge in [0, 0.05) is 50.9 Å². The average Bonchev–Trinajstić information content (AvgIpc) is 3.48. The number of urea groups is 1. The predicted octanol–water partition coefficient (Wildman–Crippen LogP) is 5.65. The van der Waals surface area contributed by atoms with E-state index in [1.54, 1.807) is 39.9 Å². The maximum Gasteiger partial charge on any atom is 0.326 e. The molecule has 2 aromatic carbocycles. The molecule has 0 unspecified atom stereocenters. The summed E-state index contributed by atoms with van der Waals surface area (Å²) in [6.07, 6.45) is 8.81. The highest BCUT2D eigenvalue weighted by atomic mass is 79.9. The number of nitrogens with zero attached hydrogens (tertiary/aromatic N) is 4. The highest BCUT2D eigenvalue weighted by Gasteiger charge is 2.34. The lowest BCUT2D eigenvalue weighted by atomic mass is 9.98. The Bertz CT molecular complexity index is 1600. The van der Waals surface area contributed by atoms with E-state index in [-0.39, 0.29) is 41.7 Å². The van der Waals surface area contributed by atoms with E-state index in [1.165, 1.54) is 31.4 Å². The summed E-state index contributed by atoms with van der Waals surface area (Å²) < 4.78 is 16.1. The largest absolute Gasteiger partial charge is 0.506 e. The van der Waals surface area contributed by atoms with E-state index in [1.807, 2.05) is 4.90 Å². The third kappa shape index (κ3) is 7.94. The van der Waals surface area contributed by atoms with Gasteiger partial charge in [-0.3, -0.25) is 9.36 Å². The van der Waals surface area contributed by atoms with Gasteiger partial charge < -0.3 is 30.1 Å². The van der Waals surface area contributed by atoms with Crippen molar-refractivity contribution in [1.82, 2.24) is 29.6 Å². The lowest BCUT2D eigenvalue weighted by molar-refractivity contribution is -0.134. The standard InChI is InChI=1S/C34H41Br2FN6O4/c35-27-18-22(19-28(36)31(27)44)20-29(32(45)41-14-8-25(9-15-41)40-12-2-1-3-13-40)38-33(46)42-16-10-26(11-17-42)43-21-30(39-34(43)47)23-4-6-24(37)7-5-23/h4-7,18-19,21,25-26,29,44H,1-3,8-17,20H2,(H,38,46)(H,39,47)/t29-/m0/s1. The molecule has 10 nitrogen and oxygen atoms in total. The Hall–Kier alpha value is -3.16. The van der Waals surface area contributed by atoms with Crippen LogP contribution in [0.4, 0.5) is 9.18 Å². The van der Waals surface area contributed by atoms with Gasteiger partial charge in [-0.05, 0) is 131 Å². The second kappa shape index (κ2) is 14.9. The fourth-order valence-electron chi connectivity index (χ4n) is 7.17. The molecule has 4 heterocycles. The number of benzene rings is 2. The Kier molecular flexibility index (Phi) is 10.7. The van der Waals surface area contributed by atoms with E-state index in [0.717, 1.165) is 37.1 Å². The maximum absolute atomic E-state index is 14.0. The van der Waals surface area contributed by atoms with Gasteiger partial charge in [0.05, 0.1) is 14.6 Å². The van der Waals surface area contributed by atoms with Gasteiger partial charge in [-0.2, -0.15) is 0 Å². The molecule has 3 saturated heterocycles. The summed E-state index contributed by atoms with van der Waals surface area (Å²) in [5.41, 5.74) is 1.89. The number of hydrogen-bond acceptors (Lipinski definition) is 5. The number of piperidine rings is 3. The van der Waals surface area contributed by atoms with Crippen molar-refractivity contribution >= 4 is 43.8 Å². The molecule has 0 spiro atoms. The number of aromatic nitrogens is 2. The van der Waals surface area contributed by atoms with Crippen LogP contribution >= 0.6 is 31.9 Å².